The van der Waals surface area contributed by atoms with Crippen LogP contribution in [0.25, 0.3) is 0 Å². The molecule has 3 rings (SSSR count). The van der Waals surface area contributed by atoms with Crippen molar-refractivity contribution in [3.05, 3.63) is 59.7 Å². The molecule has 0 radical (unpaired) electrons. The summed E-state index contributed by atoms with van der Waals surface area (Å²) in [6.45, 7) is 0.843. The van der Waals surface area contributed by atoms with E-state index < -0.39 is 0 Å². The van der Waals surface area contributed by atoms with Gasteiger partial charge in [0.05, 0.1) is 12.7 Å². The molecular formula is C16H18N2O. The first kappa shape index (κ1) is 12.1. The van der Waals surface area contributed by atoms with Gasteiger partial charge in [-0.05, 0) is 29.7 Å². The number of hydrogen-bond acceptors (Lipinski definition) is 3. The molecule has 1 atom stereocenters. The molecule has 3 heteroatoms. The van der Waals surface area contributed by atoms with E-state index in [0.29, 0.717) is 6.10 Å². The Morgan fingerprint density at radius 3 is 1.84 bits per heavy atom. The highest BCUT2D eigenvalue weighted by Gasteiger charge is 2.29. The van der Waals surface area contributed by atoms with Crippen LogP contribution < -0.4 is 11.5 Å². The molecule has 1 aliphatic heterocycles. The minimum Gasteiger partial charge on any atom is -0.398 e. The van der Waals surface area contributed by atoms with Gasteiger partial charge < -0.3 is 16.2 Å². The van der Waals surface area contributed by atoms with Crippen molar-refractivity contribution in [3.63, 3.8) is 0 Å². The maximum absolute atomic E-state index is 6.12. The number of rotatable bonds is 4. The van der Waals surface area contributed by atoms with Crippen LogP contribution in [-0.2, 0) is 4.74 Å². The summed E-state index contributed by atoms with van der Waals surface area (Å²) in [5, 5.41) is 0. The van der Waals surface area contributed by atoms with Gasteiger partial charge in [0.2, 0.25) is 0 Å². The van der Waals surface area contributed by atoms with Crippen LogP contribution in [0.1, 0.15) is 23.5 Å². The van der Waals surface area contributed by atoms with Gasteiger partial charge in [-0.1, -0.05) is 36.4 Å². The Labute approximate surface area is 113 Å². The number of nitrogen functional groups attached to an aromatic ring is 2. The zero-order valence-electron chi connectivity index (χ0n) is 10.8. The van der Waals surface area contributed by atoms with Crippen molar-refractivity contribution in [2.75, 3.05) is 18.1 Å². The second kappa shape index (κ2) is 4.94. The van der Waals surface area contributed by atoms with E-state index in [-0.39, 0.29) is 5.92 Å². The molecule has 2 aromatic rings. The molecule has 3 nitrogen and oxygen atoms in total. The molecule has 0 saturated carbocycles. The third kappa shape index (κ3) is 2.56. The number of epoxide rings is 1. The molecule has 1 unspecified atom stereocenters. The van der Waals surface area contributed by atoms with Gasteiger partial charge in [0, 0.05) is 17.3 Å². The summed E-state index contributed by atoms with van der Waals surface area (Å²) in [6, 6.07) is 16.0. The Hall–Kier alpha value is -2.00. The third-order valence-electron chi connectivity index (χ3n) is 3.64. The Balaban J connectivity index is 2.02. The standard InChI is InChI=1S/C16H18N2O/c17-15-7-3-1-5-12(15)14(9-11-10-19-11)13-6-2-4-8-16(13)18/h1-8,11,14H,9-10,17-18H2. The Morgan fingerprint density at radius 2 is 1.42 bits per heavy atom. The van der Waals surface area contributed by atoms with E-state index in [1.165, 1.54) is 0 Å². The van der Waals surface area contributed by atoms with Gasteiger partial charge in [-0.15, -0.1) is 0 Å². The molecular weight excluding hydrogens is 236 g/mol. The van der Waals surface area contributed by atoms with E-state index in [2.05, 4.69) is 12.1 Å². The highest BCUT2D eigenvalue weighted by molar-refractivity contribution is 5.57. The van der Waals surface area contributed by atoms with Crippen molar-refractivity contribution in [1.29, 1.82) is 0 Å². The quantitative estimate of drug-likeness (QED) is 0.651. The van der Waals surface area contributed by atoms with Gasteiger partial charge in [-0.3, -0.25) is 0 Å². The third-order valence-corrected chi connectivity index (χ3v) is 3.64. The maximum atomic E-state index is 6.12. The summed E-state index contributed by atoms with van der Waals surface area (Å²) in [6.07, 6.45) is 1.27. The molecule has 0 spiro atoms. The minimum absolute atomic E-state index is 0.204. The fourth-order valence-corrected chi connectivity index (χ4v) is 2.54. The van der Waals surface area contributed by atoms with Gasteiger partial charge in [0.15, 0.2) is 0 Å². The van der Waals surface area contributed by atoms with Gasteiger partial charge in [-0.2, -0.15) is 0 Å². The van der Waals surface area contributed by atoms with E-state index in [9.17, 15) is 0 Å². The van der Waals surface area contributed by atoms with E-state index >= 15 is 0 Å². The molecule has 2 aromatic carbocycles. The van der Waals surface area contributed by atoms with E-state index in [1.54, 1.807) is 0 Å². The van der Waals surface area contributed by atoms with Crippen molar-refractivity contribution in [1.82, 2.24) is 0 Å². The van der Waals surface area contributed by atoms with Gasteiger partial charge in [0.25, 0.3) is 0 Å². The molecule has 19 heavy (non-hydrogen) atoms. The van der Waals surface area contributed by atoms with Crippen LogP contribution in [0.2, 0.25) is 0 Å². The lowest BCUT2D eigenvalue weighted by atomic mass is 9.85. The lowest BCUT2D eigenvalue weighted by Gasteiger charge is -2.20. The van der Waals surface area contributed by atoms with Gasteiger partial charge in [-0.25, -0.2) is 0 Å². The number of anilines is 2. The summed E-state index contributed by atoms with van der Waals surface area (Å²) >= 11 is 0. The van der Waals surface area contributed by atoms with Crippen molar-refractivity contribution < 1.29 is 4.74 Å². The van der Waals surface area contributed by atoms with Crippen LogP contribution in [-0.4, -0.2) is 12.7 Å². The summed E-state index contributed by atoms with van der Waals surface area (Å²) < 4.78 is 5.38. The Kier molecular flexibility index (Phi) is 3.13. The number of para-hydroxylation sites is 2. The van der Waals surface area contributed by atoms with Crippen LogP contribution in [0.3, 0.4) is 0 Å². The van der Waals surface area contributed by atoms with Crippen LogP contribution in [0, 0.1) is 0 Å². The van der Waals surface area contributed by atoms with Crippen LogP contribution in [0.4, 0.5) is 11.4 Å². The fourth-order valence-electron chi connectivity index (χ4n) is 2.54. The van der Waals surface area contributed by atoms with E-state index in [1.807, 2.05) is 36.4 Å². The molecule has 98 valence electrons. The second-order valence-electron chi connectivity index (χ2n) is 5.00. The fraction of sp³-hybridized carbons (Fsp3) is 0.250. The SMILES string of the molecule is Nc1ccccc1C(CC1CO1)c1ccccc1N. The summed E-state index contributed by atoms with van der Waals surface area (Å²) in [5.74, 6) is 0.204. The predicted octanol–water partition coefficient (Wildman–Crippen LogP) is 2.77. The largest absolute Gasteiger partial charge is 0.398 e. The molecule has 0 amide bonds. The normalized spacial score (nSPS) is 17.6. The van der Waals surface area contributed by atoms with Crippen LogP contribution in [0.5, 0.6) is 0 Å². The molecule has 1 heterocycles. The molecule has 4 N–H and O–H groups in total. The van der Waals surface area contributed by atoms with E-state index in [0.717, 1.165) is 35.5 Å². The molecule has 0 aromatic heterocycles. The van der Waals surface area contributed by atoms with Crippen LogP contribution in [0.15, 0.2) is 48.5 Å². The molecule has 0 aliphatic carbocycles. The number of ether oxygens (including phenoxy) is 1. The van der Waals surface area contributed by atoms with Crippen LogP contribution >= 0.6 is 0 Å². The number of nitrogens with two attached hydrogens (primary N) is 2. The zero-order chi connectivity index (χ0) is 13.2. The van der Waals surface area contributed by atoms with E-state index in [4.69, 9.17) is 16.2 Å². The monoisotopic (exact) mass is 254 g/mol. The minimum atomic E-state index is 0.204. The first-order valence-corrected chi connectivity index (χ1v) is 6.56. The average molecular weight is 254 g/mol. The van der Waals surface area contributed by atoms with Gasteiger partial charge in [0.1, 0.15) is 0 Å². The summed E-state index contributed by atoms with van der Waals surface area (Å²) in [5.41, 5.74) is 16.1. The molecule has 1 saturated heterocycles. The topological polar surface area (TPSA) is 64.6 Å². The number of benzene rings is 2. The first-order valence-electron chi connectivity index (χ1n) is 6.56. The summed E-state index contributed by atoms with van der Waals surface area (Å²) in [4.78, 5) is 0. The average Bonchev–Trinajstić information content (AvgIpc) is 3.22. The molecule has 1 fully saturated rings. The lowest BCUT2D eigenvalue weighted by molar-refractivity contribution is 0.389. The van der Waals surface area contributed by atoms with Gasteiger partial charge >= 0.3 is 0 Å². The second-order valence-corrected chi connectivity index (χ2v) is 5.00. The first-order chi connectivity index (χ1) is 9.25. The Morgan fingerprint density at radius 1 is 0.947 bits per heavy atom. The zero-order valence-corrected chi connectivity index (χ0v) is 10.8. The molecule has 0 bridgehead atoms. The van der Waals surface area contributed by atoms with Crippen molar-refractivity contribution in [2.45, 2.75) is 18.4 Å². The predicted molar refractivity (Wildman–Crippen MR) is 77.9 cm³/mol. The highest BCUT2D eigenvalue weighted by atomic mass is 16.6. The smallest absolute Gasteiger partial charge is 0.0819 e. The Bertz CT molecular complexity index is 533. The van der Waals surface area contributed by atoms with Crippen molar-refractivity contribution in [3.8, 4) is 0 Å². The van der Waals surface area contributed by atoms with Crippen molar-refractivity contribution in [2.24, 2.45) is 0 Å². The van der Waals surface area contributed by atoms with Crippen molar-refractivity contribution >= 4 is 11.4 Å². The molecule has 1 aliphatic rings. The summed E-state index contributed by atoms with van der Waals surface area (Å²) in [7, 11) is 0. The lowest BCUT2D eigenvalue weighted by Crippen LogP contribution is -2.09. The highest BCUT2D eigenvalue weighted by Crippen LogP contribution is 2.38. The maximum Gasteiger partial charge on any atom is 0.0819 e. The number of hydrogen-bond donors (Lipinski definition) is 2.